The van der Waals surface area contributed by atoms with Gasteiger partial charge in [0.25, 0.3) is 0 Å². The van der Waals surface area contributed by atoms with Gasteiger partial charge in [-0.1, -0.05) is 29.8 Å². The summed E-state index contributed by atoms with van der Waals surface area (Å²) in [6.07, 6.45) is -1.17. The Hall–Kier alpha value is -3.52. The van der Waals surface area contributed by atoms with Crippen molar-refractivity contribution < 1.29 is 27.8 Å². The normalized spacial score (nSPS) is 11.6. The first-order valence-electron chi connectivity index (χ1n) is 9.48. The van der Waals surface area contributed by atoms with E-state index in [1.165, 1.54) is 30.5 Å². The van der Waals surface area contributed by atoms with E-state index in [2.05, 4.69) is 9.72 Å². The van der Waals surface area contributed by atoms with Crippen LogP contribution in [0.4, 0.5) is 13.2 Å². The van der Waals surface area contributed by atoms with Crippen LogP contribution in [0.25, 0.3) is 10.9 Å². The van der Waals surface area contributed by atoms with Crippen molar-refractivity contribution in [3.8, 4) is 5.75 Å². The number of nitrogens with zero attached hydrogens (tertiary/aromatic N) is 2. The van der Waals surface area contributed by atoms with Crippen molar-refractivity contribution >= 4 is 28.5 Å². The summed E-state index contributed by atoms with van der Waals surface area (Å²) in [6, 6.07) is 14.8. The van der Waals surface area contributed by atoms with Gasteiger partial charge in [0.1, 0.15) is 5.75 Å². The Morgan fingerprint density at radius 2 is 1.91 bits per heavy atom. The third-order valence-corrected chi connectivity index (χ3v) is 5.07. The third kappa shape index (κ3) is 5.03. The zero-order chi connectivity index (χ0) is 22.9. The molecule has 0 saturated carbocycles. The number of rotatable bonds is 6. The van der Waals surface area contributed by atoms with Crippen molar-refractivity contribution in [2.24, 2.45) is 0 Å². The second-order valence-corrected chi connectivity index (χ2v) is 7.60. The number of ether oxygens (including phenoxy) is 1. The average molecular weight is 461 g/mol. The lowest BCUT2D eigenvalue weighted by molar-refractivity contribution is -0.274. The molecule has 2 heterocycles. The molecule has 4 rings (SSSR count). The molecule has 0 aliphatic rings. The van der Waals surface area contributed by atoms with Crippen LogP contribution < -0.4 is 4.74 Å². The van der Waals surface area contributed by atoms with E-state index in [1.54, 1.807) is 6.07 Å². The lowest BCUT2D eigenvalue weighted by Gasteiger charge is -2.11. The minimum absolute atomic E-state index is 0.0520. The van der Waals surface area contributed by atoms with Crippen LogP contribution in [0.2, 0.25) is 5.02 Å². The number of fused-ring (bicyclic) bond motifs is 1. The molecule has 0 atom stereocenters. The van der Waals surface area contributed by atoms with E-state index in [9.17, 15) is 23.1 Å². The van der Waals surface area contributed by atoms with Gasteiger partial charge in [-0.3, -0.25) is 4.98 Å². The van der Waals surface area contributed by atoms with Gasteiger partial charge in [0, 0.05) is 30.9 Å². The molecule has 1 N–H and O–H groups in total. The molecule has 0 amide bonds. The van der Waals surface area contributed by atoms with E-state index in [0.717, 1.165) is 16.5 Å². The number of aromatic nitrogens is 2. The van der Waals surface area contributed by atoms with Gasteiger partial charge >= 0.3 is 12.3 Å². The smallest absolute Gasteiger partial charge is 0.478 e. The van der Waals surface area contributed by atoms with Crippen molar-refractivity contribution in [1.29, 1.82) is 0 Å². The number of carboxylic acids is 1. The maximum atomic E-state index is 12.5. The number of benzene rings is 2. The summed E-state index contributed by atoms with van der Waals surface area (Å²) >= 11 is 5.86. The molecule has 2 aromatic carbocycles. The predicted molar refractivity (Wildman–Crippen MR) is 113 cm³/mol. The molecular weight excluding hydrogens is 445 g/mol. The second-order valence-electron chi connectivity index (χ2n) is 7.16. The lowest BCUT2D eigenvalue weighted by atomic mass is 10.0. The van der Waals surface area contributed by atoms with Crippen LogP contribution >= 0.6 is 11.6 Å². The molecule has 9 heteroatoms. The largest absolute Gasteiger partial charge is 0.573 e. The van der Waals surface area contributed by atoms with E-state index in [-0.39, 0.29) is 16.3 Å². The van der Waals surface area contributed by atoms with Gasteiger partial charge in [-0.15, -0.1) is 13.2 Å². The Bertz CT molecular complexity index is 1300. The molecule has 0 radical (unpaired) electrons. The van der Waals surface area contributed by atoms with Crippen LogP contribution in [-0.4, -0.2) is 27.0 Å². The predicted octanol–water partition coefficient (Wildman–Crippen LogP) is 5.93. The molecule has 0 aliphatic carbocycles. The van der Waals surface area contributed by atoms with E-state index >= 15 is 0 Å². The van der Waals surface area contributed by atoms with Gasteiger partial charge in [-0.05, 0) is 52.9 Å². The molecule has 5 nitrogen and oxygen atoms in total. The lowest BCUT2D eigenvalue weighted by Crippen LogP contribution is -2.17. The van der Waals surface area contributed by atoms with Crippen LogP contribution in [0.3, 0.4) is 0 Å². The third-order valence-electron chi connectivity index (χ3n) is 4.86. The molecule has 4 aromatic rings. The summed E-state index contributed by atoms with van der Waals surface area (Å²) in [5, 5.41) is 10.6. The quantitative estimate of drug-likeness (QED) is 0.387. The standard InChI is InChI=1S/C23H16ClF3N2O3/c24-17-11-19(22(30)31)20(28-12-17)10-14-4-5-21-16(8-14)6-7-29(21)13-15-2-1-3-18(9-15)32-23(25,26)27/h1-9,11-12H,10,13H2,(H,30,31). The number of carbonyl (C=O) groups is 1. The Labute approximate surface area is 185 Å². The average Bonchev–Trinajstić information content (AvgIpc) is 3.10. The topological polar surface area (TPSA) is 64.3 Å². The first-order chi connectivity index (χ1) is 15.2. The van der Waals surface area contributed by atoms with E-state index < -0.39 is 12.3 Å². The van der Waals surface area contributed by atoms with Gasteiger partial charge in [-0.2, -0.15) is 0 Å². The van der Waals surface area contributed by atoms with Gasteiger partial charge in [0.05, 0.1) is 16.3 Å². The molecule has 164 valence electrons. The molecular formula is C23H16ClF3N2O3. The maximum absolute atomic E-state index is 12.5. The number of hydrogen-bond donors (Lipinski definition) is 1. The van der Waals surface area contributed by atoms with Crippen molar-refractivity contribution in [1.82, 2.24) is 9.55 Å². The van der Waals surface area contributed by atoms with E-state index in [0.29, 0.717) is 24.2 Å². The molecule has 0 bridgehead atoms. The minimum Gasteiger partial charge on any atom is -0.478 e. The second kappa shape index (κ2) is 8.55. The highest BCUT2D eigenvalue weighted by Gasteiger charge is 2.31. The molecule has 0 fully saturated rings. The summed E-state index contributed by atoms with van der Waals surface area (Å²) in [7, 11) is 0. The van der Waals surface area contributed by atoms with Gasteiger partial charge in [0.15, 0.2) is 0 Å². The molecule has 32 heavy (non-hydrogen) atoms. The van der Waals surface area contributed by atoms with Crippen LogP contribution in [0.15, 0.2) is 67.0 Å². The van der Waals surface area contributed by atoms with Crippen LogP contribution in [-0.2, 0) is 13.0 Å². The Balaban J connectivity index is 1.57. The monoisotopic (exact) mass is 460 g/mol. The molecule has 0 aliphatic heterocycles. The molecule has 0 unspecified atom stereocenters. The van der Waals surface area contributed by atoms with Gasteiger partial charge < -0.3 is 14.4 Å². The van der Waals surface area contributed by atoms with Gasteiger partial charge in [-0.25, -0.2) is 4.79 Å². The Kier molecular flexibility index (Phi) is 5.80. The van der Waals surface area contributed by atoms with E-state index in [4.69, 9.17) is 11.6 Å². The highest BCUT2D eigenvalue weighted by atomic mass is 35.5. The van der Waals surface area contributed by atoms with Crippen molar-refractivity contribution in [3.63, 3.8) is 0 Å². The summed E-state index contributed by atoms with van der Waals surface area (Å²) in [4.78, 5) is 15.6. The van der Waals surface area contributed by atoms with Crippen molar-refractivity contribution in [3.05, 3.63) is 94.4 Å². The summed E-state index contributed by atoms with van der Waals surface area (Å²) in [5.74, 6) is -1.36. The fourth-order valence-electron chi connectivity index (χ4n) is 3.52. The number of hydrogen-bond acceptors (Lipinski definition) is 3. The molecule has 0 saturated heterocycles. The summed E-state index contributed by atoms with van der Waals surface area (Å²) in [6.45, 7) is 0.361. The van der Waals surface area contributed by atoms with E-state index in [1.807, 2.05) is 35.0 Å². The number of aromatic carboxylic acids is 1. The fourth-order valence-corrected chi connectivity index (χ4v) is 3.68. The summed E-state index contributed by atoms with van der Waals surface area (Å²) < 4.78 is 43.3. The van der Waals surface area contributed by atoms with Gasteiger partial charge in [0.2, 0.25) is 0 Å². The number of alkyl halides is 3. The summed E-state index contributed by atoms with van der Waals surface area (Å²) in [5.41, 5.74) is 2.87. The van der Waals surface area contributed by atoms with Crippen LogP contribution in [0, 0.1) is 0 Å². The van der Waals surface area contributed by atoms with Crippen molar-refractivity contribution in [2.75, 3.05) is 0 Å². The highest BCUT2D eigenvalue weighted by Crippen LogP contribution is 2.25. The molecule has 2 aromatic heterocycles. The highest BCUT2D eigenvalue weighted by molar-refractivity contribution is 6.30. The number of pyridine rings is 1. The number of halogens is 4. The Morgan fingerprint density at radius 1 is 1.09 bits per heavy atom. The first kappa shape index (κ1) is 21.7. The van der Waals surface area contributed by atoms with Crippen LogP contribution in [0.1, 0.15) is 27.2 Å². The fraction of sp³-hybridized carbons (Fsp3) is 0.130. The zero-order valence-electron chi connectivity index (χ0n) is 16.4. The Morgan fingerprint density at radius 3 is 2.66 bits per heavy atom. The molecule has 0 spiro atoms. The minimum atomic E-state index is -4.74. The SMILES string of the molecule is O=C(O)c1cc(Cl)cnc1Cc1ccc2c(ccn2Cc2cccc(OC(F)(F)F)c2)c1. The first-order valence-corrected chi connectivity index (χ1v) is 9.86. The van der Waals surface area contributed by atoms with Crippen LogP contribution in [0.5, 0.6) is 5.75 Å². The zero-order valence-corrected chi connectivity index (χ0v) is 17.2. The maximum Gasteiger partial charge on any atom is 0.573 e. The number of carboxylic acid groups (broad SMARTS) is 1. The van der Waals surface area contributed by atoms with Crippen molar-refractivity contribution in [2.45, 2.75) is 19.3 Å².